The minimum absolute atomic E-state index is 0.130. The van der Waals surface area contributed by atoms with Gasteiger partial charge in [-0.3, -0.25) is 4.79 Å². The highest BCUT2D eigenvalue weighted by Crippen LogP contribution is 2.27. The quantitative estimate of drug-likeness (QED) is 0.724. The molecule has 0 radical (unpaired) electrons. The predicted octanol–water partition coefficient (Wildman–Crippen LogP) is 3.98. The minimum Gasteiger partial charge on any atom is -0.353 e. The Kier molecular flexibility index (Phi) is 4.10. The Hall–Kier alpha value is -2.14. The first kappa shape index (κ1) is 15.4. The Balaban J connectivity index is 1.67. The van der Waals surface area contributed by atoms with Crippen LogP contribution in [0.2, 0.25) is 0 Å². The standard InChI is InChI=1S/C19H18BrN3O/c20-14-6-4-13(5-7-14)19-16(10-11-18(24)21-15-8-9-15)23-12-2-1-3-17(23)22-19/h1-7,12,15H,8-11H2,(H,21,24). The summed E-state index contributed by atoms with van der Waals surface area (Å²) >= 11 is 3.47. The number of benzene rings is 1. The van der Waals surface area contributed by atoms with E-state index in [9.17, 15) is 4.79 Å². The van der Waals surface area contributed by atoms with Crippen LogP contribution < -0.4 is 5.32 Å². The lowest BCUT2D eigenvalue weighted by Crippen LogP contribution is -2.25. The van der Waals surface area contributed by atoms with Crippen LogP contribution in [0.3, 0.4) is 0 Å². The second-order valence-corrected chi connectivity index (χ2v) is 7.10. The van der Waals surface area contributed by atoms with E-state index >= 15 is 0 Å². The summed E-state index contributed by atoms with van der Waals surface area (Å²) in [6.07, 6.45) is 5.41. The number of aromatic nitrogens is 2. The van der Waals surface area contributed by atoms with Crippen molar-refractivity contribution in [2.75, 3.05) is 0 Å². The highest BCUT2D eigenvalue weighted by atomic mass is 79.9. The van der Waals surface area contributed by atoms with Crippen molar-refractivity contribution in [3.63, 3.8) is 0 Å². The maximum Gasteiger partial charge on any atom is 0.220 e. The fraction of sp³-hybridized carbons (Fsp3) is 0.263. The van der Waals surface area contributed by atoms with Crippen LogP contribution in [-0.4, -0.2) is 21.3 Å². The lowest BCUT2D eigenvalue weighted by Gasteiger charge is -2.06. The molecule has 0 atom stereocenters. The second-order valence-electron chi connectivity index (χ2n) is 6.18. The number of carbonyl (C=O) groups is 1. The van der Waals surface area contributed by atoms with Crippen LogP contribution in [0.15, 0.2) is 53.1 Å². The number of imidazole rings is 1. The fourth-order valence-corrected chi connectivity index (χ4v) is 3.15. The van der Waals surface area contributed by atoms with Crippen LogP contribution in [0.4, 0.5) is 0 Å². The van der Waals surface area contributed by atoms with Gasteiger partial charge in [-0.1, -0.05) is 34.1 Å². The van der Waals surface area contributed by atoms with Gasteiger partial charge >= 0.3 is 0 Å². The first-order valence-corrected chi connectivity index (χ1v) is 9.01. The van der Waals surface area contributed by atoms with Crippen LogP contribution in [0.1, 0.15) is 25.0 Å². The van der Waals surface area contributed by atoms with Gasteiger partial charge in [-0.15, -0.1) is 0 Å². The molecule has 0 unspecified atom stereocenters. The van der Waals surface area contributed by atoms with Gasteiger partial charge in [0.2, 0.25) is 5.91 Å². The molecular weight excluding hydrogens is 366 g/mol. The Morgan fingerprint density at radius 2 is 2.00 bits per heavy atom. The Morgan fingerprint density at radius 1 is 1.21 bits per heavy atom. The number of amides is 1. The van der Waals surface area contributed by atoms with Gasteiger partial charge in [-0.25, -0.2) is 4.98 Å². The lowest BCUT2D eigenvalue weighted by molar-refractivity contribution is -0.121. The van der Waals surface area contributed by atoms with Crippen molar-refractivity contribution < 1.29 is 4.79 Å². The first-order chi connectivity index (χ1) is 11.7. The molecule has 1 aliphatic carbocycles. The summed E-state index contributed by atoms with van der Waals surface area (Å²) in [5.74, 6) is 0.130. The molecule has 1 saturated carbocycles. The van der Waals surface area contributed by atoms with Gasteiger partial charge in [0, 0.05) is 28.7 Å². The van der Waals surface area contributed by atoms with Gasteiger partial charge in [-0.05, 0) is 43.5 Å². The van der Waals surface area contributed by atoms with Gasteiger partial charge < -0.3 is 9.72 Å². The fourth-order valence-electron chi connectivity index (χ4n) is 2.88. The number of aryl methyl sites for hydroxylation is 1. The van der Waals surface area contributed by atoms with Crippen molar-refractivity contribution >= 4 is 27.5 Å². The maximum atomic E-state index is 12.1. The summed E-state index contributed by atoms with van der Waals surface area (Å²) in [7, 11) is 0. The number of rotatable bonds is 5. The molecule has 24 heavy (non-hydrogen) atoms. The zero-order valence-corrected chi connectivity index (χ0v) is 14.8. The molecule has 4 nitrogen and oxygen atoms in total. The Bertz CT molecular complexity index is 881. The summed E-state index contributed by atoms with van der Waals surface area (Å²) in [5, 5.41) is 3.06. The zero-order chi connectivity index (χ0) is 16.5. The number of hydrogen-bond acceptors (Lipinski definition) is 2. The lowest BCUT2D eigenvalue weighted by atomic mass is 10.1. The minimum atomic E-state index is 0.130. The third-order valence-corrected chi connectivity index (χ3v) is 4.81. The van der Waals surface area contributed by atoms with Crippen molar-refractivity contribution in [1.29, 1.82) is 0 Å². The van der Waals surface area contributed by atoms with E-state index in [1.165, 1.54) is 0 Å². The van der Waals surface area contributed by atoms with Gasteiger partial charge in [0.05, 0.1) is 11.4 Å². The van der Waals surface area contributed by atoms with E-state index in [1.807, 2.05) is 36.5 Å². The van der Waals surface area contributed by atoms with Crippen LogP contribution in [0.25, 0.3) is 16.9 Å². The Morgan fingerprint density at radius 3 is 2.75 bits per heavy atom. The normalized spacial score (nSPS) is 14.0. The number of halogens is 1. The van der Waals surface area contributed by atoms with E-state index in [0.717, 1.165) is 39.9 Å². The van der Waals surface area contributed by atoms with Crippen LogP contribution >= 0.6 is 15.9 Å². The molecule has 4 rings (SSSR count). The first-order valence-electron chi connectivity index (χ1n) is 8.22. The molecule has 1 amide bonds. The molecular formula is C19H18BrN3O. The number of nitrogens with zero attached hydrogens (tertiary/aromatic N) is 2. The molecule has 1 fully saturated rings. The van der Waals surface area contributed by atoms with Crippen LogP contribution in [-0.2, 0) is 11.2 Å². The summed E-state index contributed by atoms with van der Waals surface area (Å²) < 4.78 is 3.13. The molecule has 0 saturated heterocycles. The number of carbonyl (C=O) groups excluding carboxylic acids is 1. The van der Waals surface area contributed by atoms with E-state index in [4.69, 9.17) is 4.98 Å². The summed E-state index contributed by atoms with van der Waals surface area (Å²) in [5.41, 5.74) is 4.01. The average molecular weight is 384 g/mol. The van der Waals surface area contributed by atoms with E-state index in [1.54, 1.807) is 0 Å². The summed E-state index contributed by atoms with van der Waals surface area (Å²) in [4.78, 5) is 16.8. The van der Waals surface area contributed by atoms with Crippen molar-refractivity contribution in [3.8, 4) is 11.3 Å². The molecule has 1 N–H and O–H groups in total. The molecule has 3 aromatic rings. The van der Waals surface area contributed by atoms with Crippen LogP contribution in [0.5, 0.6) is 0 Å². The molecule has 5 heteroatoms. The van der Waals surface area contributed by atoms with Crippen molar-refractivity contribution in [1.82, 2.24) is 14.7 Å². The maximum absolute atomic E-state index is 12.1. The van der Waals surface area contributed by atoms with Gasteiger partial charge in [0.15, 0.2) is 0 Å². The molecule has 1 aromatic carbocycles. The summed E-state index contributed by atoms with van der Waals surface area (Å²) in [6.45, 7) is 0. The molecule has 122 valence electrons. The SMILES string of the molecule is O=C(CCc1c(-c2ccc(Br)cc2)nc2ccccn12)NC1CC1. The van der Waals surface area contributed by atoms with Gasteiger partial charge in [0.25, 0.3) is 0 Å². The third kappa shape index (κ3) is 3.22. The van der Waals surface area contributed by atoms with Crippen molar-refractivity contribution in [2.24, 2.45) is 0 Å². The van der Waals surface area contributed by atoms with E-state index in [0.29, 0.717) is 18.9 Å². The molecule has 1 aliphatic rings. The smallest absolute Gasteiger partial charge is 0.220 e. The molecule has 2 heterocycles. The Labute approximate surface area is 149 Å². The second kappa shape index (κ2) is 6.40. The molecule has 2 aromatic heterocycles. The van der Waals surface area contributed by atoms with E-state index in [2.05, 4.69) is 37.8 Å². The third-order valence-electron chi connectivity index (χ3n) is 4.28. The number of fused-ring (bicyclic) bond motifs is 1. The molecule has 0 bridgehead atoms. The van der Waals surface area contributed by atoms with Gasteiger partial charge in [-0.2, -0.15) is 0 Å². The van der Waals surface area contributed by atoms with E-state index in [-0.39, 0.29) is 5.91 Å². The number of nitrogens with one attached hydrogen (secondary N) is 1. The zero-order valence-electron chi connectivity index (χ0n) is 13.2. The highest BCUT2D eigenvalue weighted by molar-refractivity contribution is 9.10. The average Bonchev–Trinajstić information content (AvgIpc) is 3.32. The number of hydrogen-bond donors (Lipinski definition) is 1. The van der Waals surface area contributed by atoms with Crippen LogP contribution in [0, 0.1) is 0 Å². The topological polar surface area (TPSA) is 46.4 Å². The van der Waals surface area contributed by atoms with Crippen molar-refractivity contribution in [3.05, 3.63) is 58.8 Å². The van der Waals surface area contributed by atoms with Gasteiger partial charge in [0.1, 0.15) is 5.65 Å². The van der Waals surface area contributed by atoms with E-state index < -0.39 is 0 Å². The summed E-state index contributed by atoms with van der Waals surface area (Å²) in [6, 6.07) is 14.5. The molecule has 0 aliphatic heterocycles. The number of pyridine rings is 1. The van der Waals surface area contributed by atoms with Crippen molar-refractivity contribution in [2.45, 2.75) is 31.7 Å². The monoisotopic (exact) mass is 383 g/mol. The molecule has 0 spiro atoms. The highest BCUT2D eigenvalue weighted by Gasteiger charge is 2.23. The predicted molar refractivity (Wildman–Crippen MR) is 97.8 cm³/mol. The largest absolute Gasteiger partial charge is 0.353 e.